The van der Waals surface area contributed by atoms with Crippen molar-refractivity contribution >= 4 is 11.7 Å². The molecule has 0 unspecified atom stereocenters. The highest BCUT2D eigenvalue weighted by Crippen LogP contribution is 2.13. The Kier molecular flexibility index (Phi) is 5.50. The summed E-state index contributed by atoms with van der Waals surface area (Å²) in [4.78, 5) is 16.5. The largest absolute Gasteiger partial charge is 0.353 e. The highest BCUT2D eigenvalue weighted by molar-refractivity contribution is 5.92. The van der Waals surface area contributed by atoms with E-state index in [0.717, 1.165) is 38.5 Å². The molecule has 2 rings (SSSR count). The van der Waals surface area contributed by atoms with Crippen molar-refractivity contribution in [3.05, 3.63) is 17.8 Å². The van der Waals surface area contributed by atoms with E-state index >= 15 is 0 Å². The molecule has 0 radical (unpaired) electrons. The van der Waals surface area contributed by atoms with Gasteiger partial charge in [0.1, 0.15) is 0 Å². The molecule has 1 amide bonds. The average Bonchev–Trinajstić information content (AvgIpc) is 2.48. The van der Waals surface area contributed by atoms with Gasteiger partial charge in [0.15, 0.2) is 11.5 Å². The molecular formula is C15H25N5O. The SMILES string of the molecule is CCCN1CCN(c2ccc(C(=O)NC(C)C)nn2)CC1. The van der Waals surface area contributed by atoms with Crippen LogP contribution in [0.5, 0.6) is 0 Å². The molecule has 0 aromatic carbocycles. The third kappa shape index (κ3) is 4.39. The molecule has 1 aromatic rings. The van der Waals surface area contributed by atoms with Crippen molar-refractivity contribution in [2.24, 2.45) is 0 Å². The molecule has 0 spiro atoms. The minimum absolute atomic E-state index is 0.102. The summed E-state index contributed by atoms with van der Waals surface area (Å²) in [7, 11) is 0. The molecule has 1 aliphatic rings. The van der Waals surface area contributed by atoms with Crippen LogP contribution in [0.1, 0.15) is 37.7 Å². The first-order chi connectivity index (χ1) is 10.1. The summed E-state index contributed by atoms with van der Waals surface area (Å²) < 4.78 is 0. The van der Waals surface area contributed by atoms with Crippen molar-refractivity contribution in [1.29, 1.82) is 0 Å². The van der Waals surface area contributed by atoms with Crippen molar-refractivity contribution in [1.82, 2.24) is 20.4 Å². The maximum absolute atomic E-state index is 11.8. The maximum Gasteiger partial charge on any atom is 0.271 e. The van der Waals surface area contributed by atoms with Crippen molar-refractivity contribution in [3.63, 3.8) is 0 Å². The van der Waals surface area contributed by atoms with Crippen molar-refractivity contribution in [2.75, 3.05) is 37.6 Å². The summed E-state index contributed by atoms with van der Waals surface area (Å²) in [6.07, 6.45) is 1.19. The number of aromatic nitrogens is 2. The van der Waals surface area contributed by atoms with Crippen LogP contribution in [-0.4, -0.2) is 59.8 Å². The lowest BCUT2D eigenvalue weighted by Crippen LogP contribution is -2.46. The standard InChI is InChI=1S/C15H25N5O/c1-4-7-19-8-10-20(11-9-19)14-6-5-13(17-18-14)15(21)16-12(2)3/h5-6,12H,4,7-11H2,1-3H3,(H,16,21). The van der Waals surface area contributed by atoms with Gasteiger partial charge in [0.05, 0.1) is 0 Å². The van der Waals surface area contributed by atoms with E-state index in [9.17, 15) is 4.79 Å². The Morgan fingerprint density at radius 2 is 1.95 bits per heavy atom. The summed E-state index contributed by atoms with van der Waals surface area (Å²) >= 11 is 0. The summed E-state index contributed by atoms with van der Waals surface area (Å²) in [5.74, 6) is 0.684. The molecule has 0 aliphatic carbocycles. The molecule has 116 valence electrons. The molecule has 1 saturated heterocycles. The second-order valence-corrected chi connectivity index (χ2v) is 5.73. The Balaban J connectivity index is 1.92. The fourth-order valence-corrected chi connectivity index (χ4v) is 2.47. The predicted molar refractivity (Wildman–Crippen MR) is 83.6 cm³/mol. The van der Waals surface area contributed by atoms with E-state index in [1.165, 1.54) is 6.42 Å². The van der Waals surface area contributed by atoms with Crippen LogP contribution < -0.4 is 10.2 Å². The number of nitrogens with one attached hydrogen (secondary N) is 1. The van der Waals surface area contributed by atoms with Gasteiger partial charge in [-0.15, -0.1) is 10.2 Å². The second kappa shape index (κ2) is 7.36. The lowest BCUT2D eigenvalue weighted by molar-refractivity contribution is 0.0937. The molecule has 1 fully saturated rings. The molecule has 21 heavy (non-hydrogen) atoms. The molecular weight excluding hydrogens is 266 g/mol. The smallest absolute Gasteiger partial charge is 0.271 e. The van der Waals surface area contributed by atoms with E-state index in [1.807, 2.05) is 19.9 Å². The van der Waals surface area contributed by atoms with Gasteiger partial charge >= 0.3 is 0 Å². The van der Waals surface area contributed by atoms with E-state index in [0.29, 0.717) is 5.69 Å². The Bertz CT molecular complexity index is 452. The highest BCUT2D eigenvalue weighted by atomic mass is 16.2. The van der Waals surface area contributed by atoms with Gasteiger partial charge in [-0.3, -0.25) is 9.69 Å². The molecule has 0 bridgehead atoms. The average molecular weight is 291 g/mol. The molecule has 6 nitrogen and oxygen atoms in total. The highest BCUT2D eigenvalue weighted by Gasteiger charge is 2.18. The Hall–Kier alpha value is -1.69. The van der Waals surface area contributed by atoms with Gasteiger partial charge in [0, 0.05) is 32.2 Å². The molecule has 1 N–H and O–H groups in total. The topological polar surface area (TPSA) is 61.4 Å². The Labute approximate surface area is 126 Å². The summed E-state index contributed by atoms with van der Waals surface area (Å²) in [6.45, 7) is 11.3. The van der Waals surface area contributed by atoms with E-state index in [1.54, 1.807) is 6.07 Å². The molecule has 1 aliphatic heterocycles. The maximum atomic E-state index is 11.8. The monoisotopic (exact) mass is 291 g/mol. The first-order valence-corrected chi connectivity index (χ1v) is 7.72. The second-order valence-electron chi connectivity index (χ2n) is 5.73. The quantitative estimate of drug-likeness (QED) is 0.881. The number of carbonyl (C=O) groups excluding carboxylic acids is 1. The van der Waals surface area contributed by atoms with Gasteiger partial charge in [-0.25, -0.2) is 0 Å². The first kappa shape index (κ1) is 15.7. The number of piperazine rings is 1. The van der Waals surface area contributed by atoms with Crippen LogP contribution >= 0.6 is 0 Å². The lowest BCUT2D eigenvalue weighted by Gasteiger charge is -2.34. The lowest BCUT2D eigenvalue weighted by atomic mass is 10.2. The van der Waals surface area contributed by atoms with Crippen LogP contribution in [0.15, 0.2) is 12.1 Å². The molecule has 6 heteroatoms. The number of carbonyl (C=O) groups is 1. The first-order valence-electron chi connectivity index (χ1n) is 7.72. The van der Waals surface area contributed by atoms with E-state index in [4.69, 9.17) is 0 Å². The third-order valence-electron chi connectivity index (χ3n) is 3.54. The molecule has 2 heterocycles. The van der Waals surface area contributed by atoms with E-state index in [2.05, 4.69) is 32.2 Å². The number of rotatable bonds is 5. The molecule has 0 atom stereocenters. The van der Waals surface area contributed by atoms with Crippen LogP contribution in [0.25, 0.3) is 0 Å². The zero-order chi connectivity index (χ0) is 15.2. The summed E-state index contributed by atoms with van der Waals surface area (Å²) in [6, 6.07) is 3.74. The van der Waals surface area contributed by atoms with E-state index < -0.39 is 0 Å². The summed E-state index contributed by atoms with van der Waals surface area (Å²) in [5.41, 5.74) is 0.372. The minimum atomic E-state index is -0.170. The van der Waals surface area contributed by atoms with Crippen LogP contribution in [0.3, 0.4) is 0 Å². The van der Waals surface area contributed by atoms with Crippen molar-refractivity contribution in [3.8, 4) is 0 Å². The van der Waals surface area contributed by atoms with Crippen molar-refractivity contribution in [2.45, 2.75) is 33.2 Å². The fraction of sp³-hybridized carbons (Fsp3) is 0.667. The van der Waals surface area contributed by atoms with Gasteiger partial charge in [-0.05, 0) is 38.9 Å². The van der Waals surface area contributed by atoms with Crippen LogP contribution in [0.4, 0.5) is 5.82 Å². The molecule has 1 aromatic heterocycles. The van der Waals surface area contributed by atoms with Gasteiger partial charge < -0.3 is 10.2 Å². The van der Waals surface area contributed by atoms with Gasteiger partial charge in [0.25, 0.3) is 5.91 Å². The minimum Gasteiger partial charge on any atom is -0.353 e. The number of amides is 1. The van der Waals surface area contributed by atoms with Gasteiger partial charge in [-0.2, -0.15) is 0 Å². The fourth-order valence-electron chi connectivity index (χ4n) is 2.47. The zero-order valence-corrected chi connectivity index (χ0v) is 13.2. The van der Waals surface area contributed by atoms with Gasteiger partial charge in [-0.1, -0.05) is 6.92 Å². The molecule has 0 saturated carbocycles. The number of hydrogen-bond donors (Lipinski definition) is 1. The number of hydrogen-bond acceptors (Lipinski definition) is 5. The number of anilines is 1. The van der Waals surface area contributed by atoms with Gasteiger partial charge in [0.2, 0.25) is 0 Å². The number of nitrogens with zero attached hydrogens (tertiary/aromatic N) is 4. The Morgan fingerprint density at radius 3 is 2.48 bits per heavy atom. The normalized spacial score (nSPS) is 16.3. The third-order valence-corrected chi connectivity index (χ3v) is 3.54. The zero-order valence-electron chi connectivity index (χ0n) is 13.2. The van der Waals surface area contributed by atoms with Crippen molar-refractivity contribution < 1.29 is 4.79 Å². The predicted octanol–water partition coefficient (Wildman–Crippen LogP) is 1.15. The van der Waals surface area contributed by atoms with Crippen LogP contribution in [-0.2, 0) is 0 Å². The Morgan fingerprint density at radius 1 is 1.24 bits per heavy atom. The van der Waals surface area contributed by atoms with Crippen LogP contribution in [0, 0.1) is 0 Å². The summed E-state index contributed by atoms with van der Waals surface area (Å²) in [5, 5.41) is 11.1. The van der Waals surface area contributed by atoms with Crippen LogP contribution in [0.2, 0.25) is 0 Å². The van der Waals surface area contributed by atoms with E-state index in [-0.39, 0.29) is 11.9 Å².